The highest BCUT2D eigenvalue weighted by Crippen LogP contribution is 2.48. The molecule has 0 bridgehead atoms. The zero-order valence-electron chi connectivity index (χ0n) is 32.1. The molecule has 65 heavy (non-hydrogen) atoms. The first-order valence-electron chi connectivity index (χ1n) is 17.2. The van der Waals surface area contributed by atoms with E-state index in [1.165, 1.54) is 66.7 Å². The second-order valence-corrected chi connectivity index (χ2v) is 20.3. The van der Waals surface area contributed by atoms with Crippen LogP contribution in [-0.4, -0.2) is 89.0 Å². The Morgan fingerprint density at radius 1 is 0.692 bits per heavy atom. The Morgan fingerprint density at radius 3 is 1.97 bits per heavy atom. The average Bonchev–Trinajstić information content (AvgIpc) is 3.24. The van der Waals surface area contributed by atoms with Gasteiger partial charge in [-0.3, -0.25) is 18.1 Å². The van der Waals surface area contributed by atoms with E-state index in [2.05, 4.69) is 48.7 Å². The van der Waals surface area contributed by atoms with Crippen LogP contribution in [0.5, 0.6) is 5.75 Å². The molecule has 0 unspecified atom stereocenters. The van der Waals surface area contributed by atoms with Crippen molar-refractivity contribution in [1.29, 1.82) is 0 Å². The number of carbonyl (C=O) groups is 1. The van der Waals surface area contributed by atoms with Crippen molar-refractivity contribution in [3.05, 3.63) is 90.5 Å². The van der Waals surface area contributed by atoms with Crippen molar-refractivity contribution in [3.63, 3.8) is 0 Å². The van der Waals surface area contributed by atoms with E-state index in [1.807, 2.05) is 0 Å². The number of carbonyl (C=O) groups excluding carboxylic acids is 1. The second kappa shape index (κ2) is 21.8. The standard InChI is InChI=1S/C33H30N6O20S6/c34-26-11-10-24-25(30(26)38-37-27-12-9-23(17-29(27)64(48,49)50)63(46,47)15-13-54-61-59-57-43)18-28(60-58-56-42)31(32(24)40)39-36-21-3-1-19(2-4-21)33(41)35-20-5-7-22(8-6-20)62(44,45)16-14-55-65(51,52)53/h1-12,17-18,40,42-43H,13-16,34H2,(H,35,41)(H,48,49,50)(H,51,52,53)/b38-37+,39-36+. The first-order chi connectivity index (χ1) is 30.6. The zero-order valence-corrected chi connectivity index (χ0v) is 37.0. The maximum Gasteiger partial charge on any atom is 0.397 e. The number of azo groups is 2. The first kappa shape index (κ1) is 50.7. The van der Waals surface area contributed by atoms with Gasteiger partial charge in [0, 0.05) is 22.0 Å². The highest BCUT2D eigenvalue weighted by atomic mass is 32.3. The van der Waals surface area contributed by atoms with Crippen molar-refractivity contribution < 1.29 is 90.3 Å². The lowest BCUT2D eigenvalue weighted by Gasteiger charge is -2.12. The molecular formula is C33H30N6O20S6. The number of nitrogen functional groups attached to an aromatic ring is 1. The Balaban J connectivity index is 1.37. The molecule has 5 aromatic rings. The van der Waals surface area contributed by atoms with Gasteiger partial charge in [0.1, 0.15) is 22.0 Å². The molecule has 5 rings (SSSR count). The van der Waals surface area contributed by atoms with Gasteiger partial charge in [-0.05, 0) is 84.9 Å². The van der Waals surface area contributed by atoms with Crippen LogP contribution in [0, 0.1) is 0 Å². The summed E-state index contributed by atoms with van der Waals surface area (Å²) in [7, 11) is -18.2. The molecule has 5 aromatic carbocycles. The minimum atomic E-state index is -5.12. The van der Waals surface area contributed by atoms with E-state index >= 15 is 0 Å². The molecule has 1 amide bonds. The predicted octanol–water partition coefficient (Wildman–Crippen LogP) is 6.25. The maximum absolute atomic E-state index is 12.9. The van der Waals surface area contributed by atoms with Crippen LogP contribution in [0.4, 0.5) is 34.1 Å². The number of nitrogens with two attached hydrogens (primary N) is 1. The molecule has 0 fully saturated rings. The van der Waals surface area contributed by atoms with Gasteiger partial charge in [-0.25, -0.2) is 31.5 Å². The van der Waals surface area contributed by atoms with E-state index in [9.17, 15) is 48.1 Å². The fourth-order valence-corrected chi connectivity index (χ4v) is 9.39. The number of phenols is 1. The van der Waals surface area contributed by atoms with E-state index in [0.29, 0.717) is 18.1 Å². The third kappa shape index (κ3) is 13.9. The fraction of sp³-hybridized carbons (Fsp3) is 0.121. The number of rotatable bonds is 22. The molecule has 0 aliphatic heterocycles. The van der Waals surface area contributed by atoms with Gasteiger partial charge in [0.05, 0.1) is 62.8 Å². The summed E-state index contributed by atoms with van der Waals surface area (Å²) in [6.07, 6.45) is 0. The largest absolute Gasteiger partial charge is 0.505 e. The quantitative estimate of drug-likeness (QED) is 0.00765. The number of aromatic hydroxyl groups is 1. The molecule has 0 atom stereocenters. The summed E-state index contributed by atoms with van der Waals surface area (Å²) in [5, 5.41) is 54.2. The van der Waals surface area contributed by atoms with Crippen LogP contribution in [0.3, 0.4) is 0 Å². The van der Waals surface area contributed by atoms with Gasteiger partial charge in [0.2, 0.25) is 0 Å². The van der Waals surface area contributed by atoms with Crippen molar-refractivity contribution in [2.24, 2.45) is 20.5 Å². The van der Waals surface area contributed by atoms with Crippen molar-refractivity contribution in [2.45, 2.75) is 19.6 Å². The summed E-state index contributed by atoms with van der Waals surface area (Å²) in [5.74, 6) is -2.60. The third-order valence-corrected chi connectivity index (χ3v) is 13.9. The normalized spacial score (nSPS) is 12.7. The van der Waals surface area contributed by atoms with E-state index in [0.717, 1.165) is 12.1 Å². The minimum Gasteiger partial charge on any atom is -0.505 e. The van der Waals surface area contributed by atoms with Crippen LogP contribution in [0.1, 0.15) is 10.4 Å². The summed E-state index contributed by atoms with van der Waals surface area (Å²) in [6.45, 7) is -1.31. The van der Waals surface area contributed by atoms with Crippen molar-refractivity contribution in [3.8, 4) is 5.75 Å². The lowest BCUT2D eigenvalue weighted by molar-refractivity contribution is -0.434. The molecule has 0 aromatic heterocycles. The molecule has 0 saturated carbocycles. The minimum absolute atomic E-state index is 0.0352. The second-order valence-electron chi connectivity index (χ2n) is 12.3. The molecule has 0 spiro atoms. The smallest absolute Gasteiger partial charge is 0.397 e. The molecule has 348 valence electrons. The summed E-state index contributed by atoms with van der Waals surface area (Å²) >= 11 is 0.466. The zero-order chi connectivity index (χ0) is 47.6. The maximum atomic E-state index is 12.9. The highest BCUT2D eigenvalue weighted by molar-refractivity contribution is 7.94. The molecule has 8 N–H and O–H groups in total. The number of hydrogen-bond acceptors (Lipinski definition) is 25. The van der Waals surface area contributed by atoms with E-state index in [1.54, 1.807) is 0 Å². The van der Waals surface area contributed by atoms with Crippen LogP contribution in [-0.2, 0) is 67.3 Å². The number of benzene rings is 5. The number of amides is 1. The van der Waals surface area contributed by atoms with Crippen LogP contribution in [0.25, 0.3) is 10.8 Å². The molecule has 26 nitrogen and oxygen atoms in total. The van der Waals surface area contributed by atoms with E-state index in [-0.39, 0.29) is 66.9 Å². The number of fused-ring (bicyclic) bond motifs is 1. The number of anilines is 2. The molecule has 0 radical (unpaired) electrons. The van der Waals surface area contributed by atoms with Crippen molar-refractivity contribution in [1.82, 2.24) is 0 Å². The Bertz CT molecular complexity index is 3070. The van der Waals surface area contributed by atoms with Crippen LogP contribution < -0.4 is 11.1 Å². The van der Waals surface area contributed by atoms with E-state index < -0.39 is 92.0 Å². The monoisotopic (exact) mass is 1020 g/mol. The van der Waals surface area contributed by atoms with Crippen LogP contribution >= 0.6 is 24.4 Å². The van der Waals surface area contributed by atoms with E-state index in [4.69, 9.17) is 25.0 Å². The highest BCUT2D eigenvalue weighted by Gasteiger charge is 2.24. The molecule has 0 heterocycles. The first-order valence-corrected chi connectivity index (χ1v) is 24.7. The molecule has 0 aliphatic carbocycles. The van der Waals surface area contributed by atoms with Crippen molar-refractivity contribution >= 4 is 115 Å². The van der Waals surface area contributed by atoms with Gasteiger partial charge >= 0.3 is 10.4 Å². The summed E-state index contributed by atoms with van der Waals surface area (Å²) in [5.41, 5.74) is 5.68. The number of nitrogens with zero attached hydrogens (tertiary/aromatic N) is 4. The molecule has 0 saturated heterocycles. The Kier molecular flexibility index (Phi) is 17.0. The molecule has 32 heteroatoms. The predicted molar refractivity (Wildman–Crippen MR) is 226 cm³/mol. The Hall–Kier alpha value is -5.27. The summed E-state index contributed by atoms with van der Waals surface area (Å²) in [4.78, 5) is 11.1. The van der Waals surface area contributed by atoms with Crippen LogP contribution in [0.15, 0.2) is 125 Å². The lowest BCUT2D eigenvalue weighted by atomic mass is 10.1. The number of sulfone groups is 2. The molecule has 0 aliphatic rings. The SMILES string of the molecule is Nc1ccc2c(O)c(/N=N/c3ccc(C(=O)Nc4ccc(S(=O)(=O)CCOS(=O)(=O)O)cc4)cc3)c(SOOO)cc2c1/N=N/c1ccc(S(=O)(=O)CCOSOOO)cc1S(=O)(=O)O. The average molecular weight is 1020 g/mol. The topological polar surface area (TPSA) is 398 Å². The summed E-state index contributed by atoms with van der Waals surface area (Å²) in [6, 6.07) is 17.0. The third-order valence-electron chi connectivity index (χ3n) is 8.21. The van der Waals surface area contributed by atoms with Gasteiger partial charge in [-0.15, -0.1) is 24.0 Å². The van der Waals surface area contributed by atoms with Crippen molar-refractivity contribution in [2.75, 3.05) is 35.8 Å². The number of hydrogen-bond donors (Lipinski definition) is 7. The molecular weight excluding hydrogens is 993 g/mol. The number of nitrogens with one attached hydrogen (secondary N) is 1. The van der Waals surface area contributed by atoms with Gasteiger partial charge in [0.25, 0.3) is 16.0 Å². The summed E-state index contributed by atoms with van der Waals surface area (Å²) < 4.78 is 132. The van der Waals surface area contributed by atoms with Gasteiger partial charge in [-0.2, -0.15) is 21.9 Å². The van der Waals surface area contributed by atoms with Gasteiger partial charge < -0.3 is 16.2 Å². The Morgan fingerprint density at radius 2 is 1.32 bits per heavy atom. The lowest BCUT2D eigenvalue weighted by Crippen LogP contribution is -2.15. The number of phenolic OH excluding ortho intramolecular Hbond substituents is 1. The fourth-order valence-electron chi connectivity index (χ4n) is 5.26. The Labute approximate surface area is 375 Å². The van der Waals surface area contributed by atoms with Gasteiger partial charge in [-0.1, -0.05) is 10.1 Å². The van der Waals surface area contributed by atoms with Gasteiger partial charge in [0.15, 0.2) is 37.7 Å². The van der Waals surface area contributed by atoms with Crippen LogP contribution in [0.2, 0.25) is 0 Å².